The summed E-state index contributed by atoms with van der Waals surface area (Å²) in [5.41, 5.74) is 1.16. The summed E-state index contributed by atoms with van der Waals surface area (Å²) in [5, 5.41) is -0.339. The SMILES string of the molecule is COC(=O)c1ccc(COC(=O)[C@@H]2CS[C@H](c3ccco3)N2C(C)=O)cc1. The summed E-state index contributed by atoms with van der Waals surface area (Å²) in [4.78, 5) is 37.6. The quantitative estimate of drug-likeness (QED) is 0.727. The van der Waals surface area contributed by atoms with Gasteiger partial charge in [0.1, 0.15) is 23.8 Å². The molecule has 1 aromatic carbocycles. The zero-order valence-corrected chi connectivity index (χ0v) is 15.7. The number of carbonyl (C=O) groups is 3. The van der Waals surface area contributed by atoms with E-state index in [1.807, 2.05) is 0 Å². The molecule has 27 heavy (non-hydrogen) atoms. The highest BCUT2D eigenvalue weighted by molar-refractivity contribution is 7.99. The predicted octanol–water partition coefficient (Wildman–Crippen LogP) is 2.77. The van der Waals surface area contributed by atoms with Gasteiger partial charge in [0.2, 0.25) is 5.91 Å². The number of esters is 2. The van der Waals surface area contributed by atoms with Gasteiger partial charge in [-0.25, -0.2) is 9.59 Å². The Balaban J connectivity index is 1.63. The zero-order valence-electron chi connectivity index (χ0n) is 14.9. The lowest BCUT2D eigenvalue weighted by Gasteiger charge is -2.25. The summed E-state index contributed by atoms with van der Waals surface area (Å²) < 4.78 is 15.4. The van der Waals surface area contributed by atoms with Gasteiger partial charge in [0, 0.05) is 12.7 Å². The van der Waals surface area contributed by atoms with Crippen molar-refractivity contribution in [3.8, 4) is 0 Å². The van der Waals surface area contributed by atoms with Crippen molar-refractivity contribution in [2.75, 3.05) is 12.9 Å². The van der Waals surface area contributed by atoms with E-state index in [1.165, 1.54) is 37.0 Å². The minimum Gasteiger partial charge on any atom is -0.466 e. The number of furan rings is 1. The molecule has 2 heterocycles. The van der Waals surface area contributed by atoms with Crippen molar-refractivity contribution in [1.29, 1.82) is 0 Å². The summed E-state index contributed by atoms with van der Waals surface area (Å²) >= 11 is 1.46. The van der Waals surface area contributed by atoms with Gasteiger partial charge in [0.15, 0.2) is 0 Å². The van der Waals surface area contributed by atoms with E-state index in [0.29, 0.717) is 17.1 Å². The molecule has 0 radical (unpaired) electrons. The van der Waals surface area contributed by atoms with Crippen molar-refractivity contribution in [2.24, 2.45) is 0 Å². The predicted molar refractivity (Wildman–Crippen MR) is 97.8 cm³/mol. The molecule has 2 aromatic rings. The number of methoxy groups -OCH3 is 1. The molecule has 0 unspecified atom stereocenters. The van der Waals surface area contributed by atoms with Crippen LogP contribution in [0.3, 0.4) is 0 Å². The fourth-order valence-electron chi connectivity index (χ4n) is 2.83. The van der Waals surface area contributed by atoms with Crippen LogP contribution in [-0.4, -0.2) is 41.7 Å². The van der Waals surface area contributed by atoms with Gasteiger partial charge in [-0.2, -0.15) is 0 Å². The Labute approximate surface area is 160 Å². The maximum Gasteiger partial charge on any atom is 0.337 e. The topological polar surface area (TPSA) is 86.1 Å². The third kappa shape index (κ3) is 4.16. The molecule has 1 amide bonds. The van der Waals surface area contributed by atoms with Gasteiger partial charge in [-0.05, 0) is 29.8 Å². The number of ether oxygens (including phenoxy) is 2. The molecule has 0 N–H and O–H groups in total. The number of hydrogen-bond donors (Lipinski definition) is 0. The Morgan fingerprint density at radius 3 is 2.56 bits per heavy atom. The molecular weight excluding hydrogens is 370 g/mol. The van der Waals surface area contributed by atoms with E-state index in [-0.39, 0.29) is 17.9 Å². The standard InChI is InChI=1S/C19H19NO6S/c1-12(21)20-15(11-27-17(20)16-4-3-9-25-16)19(23)26-10-13-5-7-14(8-6-13)18(22)24-2/h3-9,15,17H,10-11H2,1-2H3/t15-,17+/m0/s1. The van der Waals surface area contributed by atoms with Crippen molar-refractivity contribution in [2.45, 2.75) is 24.9 Å². The third-order valence-electron chi connectivity index (χ3n) is 4.18. The Morgan fingerprint density at radius 2 is 1.96 bits per heavy atom. The number of nitrogens with zero attached hydrogens (tertiary/aromatic N) is 1. The molecule has 1 aliphatic heterocycles. The number of rotatable bonds is 5. The molecule has 2 atom stereocenters. The number of thioether (sulfide) groups is 1. The van der Waals surface area contributed by atoms with Crippen molar-refractivity contribution in [3.05, 3.63) is 59.5 Å². The Morgan fingerprint density at radius 1 is 1.22 bits per heavy atom. The van der Waals surface area contributed by atoms with Crippen LogP contribution in [0.25, 0.3) is 0 Å². The first-order chi connectivity index (χ1) is 13.0. The van der Waals surface area contributed by atoms with Crippen LogP contribution in [0.5, 0.6) is 0 Å². The van der Waals surface area contributed by atoms with E-state index < -0.39 is 18.0 Å². The first-order valence-corrected chi connectivity index (χ1v) is 9.34. The van der Waals surface area contributed by atoms with Crippen molar-refractivity contribution >= 4 is 29.6 Å². The second-order valence-corrected chi connectivity index (χ2v) is 7.05. The first kappa shape index (κ1) is 19.0. The maximum atomic E-state index is 12.5. The van der Waals surface area contributed by atoms with E-state index in [2.05, 4.69) is 4.74 Å². The van der Waals surface area contributed by atoms with Gasteiger partial charge in [0.25, 0.3) is 0 Å². The average Bonchev–Trinajstić information content (AvgIpc) is 3.35. The maximum absolute atomic E-state index is 12.5. The van der Waals surface area contributed by atoms with Crippen LogP contribution in [0.2, 0.25) is 0 Å². The van der Waals surface area contributed by atoms with Crippen LogP contribution < -0.4 is 0 Å². The summed E-state index contributed by atoms with van der Waals surface area (Å²) in [6.07, 6.45) is 1.54. The fourth-order valence-corrected chi connectivity index (χ4v) is 4.24. The molecule has 8 heteroatoms. The molecular formula is C19H19NO6S. The first-order valence-electron chi connectivity index (χ1n) is 8.29. The summed E-state index contributed by atoms with van der Waals surface area (Å²) in [6, 6.07) is 9.46. The van der Waals surface area contributed by atoms with Gasteiger partial charge in [-0.3, -0.25) is 4.79 Å². The summed E-state index contributed by atoms with van der Waals surface area (Å²) in [6.45, 7) is 1.48. The smallest absolute Gasteiger partial charge is 0.337 e. The Kier molecular flexibility index (Phi) is 5.85. The Hall–Kier alpha value is -2.74. The van der Waals surface area contributed by atoms with Crippen LogP contribution in [0, 0.1) is 0 Å². The van der Waals surface area contributed by atoms with Crippen LogP contribution in [-0.2, 0) is 25.7 Å². The van der Waals surface area contributed by atoms with E-state index in [9.17, 15) is 14.4 Å². The largest absolute Gasteiger partial charge is 0.466 e. The minimum atomic E-state index is -0.669. The molecule has 0 saturated carbocycles. The summed E-state index contributed by atoms with van der Waals surface area (Å²) in [5.74, 6) is -0.0495. The minimum absolute atomic E-state index is 0.0542. The highest BCUT2D eigenvalue weighted by Crippen LogP contribution is 2.41. The third-order valence-corrected chi connectivity index (χ3v) is 5.46. The molecule has 1 saturated heterocycles. The number of carbonyl (C=O) groups excluding carboxylic acids is 3. The highest BCUT2D eigenvalue weighted by Gasteiger charge is 2.43. The molecule has 1 aliphatic rings. The molecule has 1 fully saturated rings. The molecule has 0 bridgehead atoms. The van der Waals surface area contributed by atoms with Crippen LogP contribution in [0.1, 0.15) is 34.0 Å². The molecule has 3 rings (SSSR count). The van der Waals surface area contributed by atoms with Crippen LogP contribution in [0.4, 0.5) is 0 Å². The lowest BCUT2D eigenvalue weighted by atomic mass is 10.1. The van der Waals surface area contributed by atoms with E-state index in [0.717, 1.165) is 5.56 Å². The zero-order chi connectivity index (χ0) is 19.4. The fraction of sp³-hybridized carbons (Fsp3) is 0.316. The molecule has 0 spiro atoms. The van der Waals surface area contributed by atoms with E-state index in [4.69, 9.17) is 9.15 Å². The van der Waals surface area contributed by atoms with Gasteiger partial charge >= 0.3 is 11.9 Å². The number of amides is 1. The number of benzene rings is 1. The molecule has 1 aromatic heterocycles. The van der Waals surface area contributed by atoms with Gasteiger partial charge in [-0.1, -0.05) is 12.1 Å². The van der Waals surface area contributed by atoms with E-state index >= 15 is 0 Å². The van der Waals surface area contributed by atoms with Gasteiger partial charge in [-0.15, -0.1) is 11.8 Å². The summed E-state index contributed by atoms with van der Waals surface area (Å²) in [7, 11) is 1.31. The van der Waals surface area contributed by atoms with Gasteiger partial charge < -0.3 is 18.8 Å². The second kappa shape index (κ2) is 8.30. The second-order valence-electron chi connectivity index (χ2n) is 5.94. The van der Waals surface area contributed by atoms with Crippen molar-refractivity contribution in [3.63, 3.8) is 0 Å². The van der Waals surface area contributed by atoms with Crippen LogP contribution in [0.15, 0.2) is 47.1 Å². The van der Waals surface area contributed by atoms with Crippen molar-refractivity contribution in [1.82, 2.24) is 4.90 Å². The lowest BCUT2D eigenvalue weighted by Crippen LogP contribution is -2.42. The average molecular weight is 389 g/mol. The van der Waals surface area contributed by atoms with Gasteiger partial charge in [0.05, 0.1) is 18.9 Å². The molecule has 142 valence electrons. The lowest BCUT2D eigenvalue weighted by molar-refractivity contribution is -0.154. The Bertz CT molecular complexity index is 817. The molecule has 0 aliphatic carbocycles. The number of hydrogen-bond acceptors (Lipinski definition) is 7. The highest BCUT2D eigenvalue weighted by atomic mass is 32.2. The monoisotopic (exact) mass is 389 g/mol. The molecule has 7 nitrogen and oxygen atoms in total. The normalized spacial score (nSPS) is 19.0. The van der Waals surface area contributed by atoms with Crippen molar-refractivity contribution < 1.29 is 28.3 Å². The van der Waals surface area contributed by atoms with E-state index in [1.54, 1.807) is 36.4 Å². The van der Waals surface area contributed by atoms with Crippen LogP contribution >= 0.6 is 11.8 Å².